The van der Waals surface area contributed by atoms with Crippen LogP contribution in [0.1, 0.15) is 5.56 Å². The third-order valence-corrected chi connectivity index (χ3v) is 2.05. The molecule has 1 aromatic carbocycles. The van der Waals surface area contributed by atoms with Gasteiger partial charge in [0.15, 0.2) is 0 Å². The van der Waals surface area contributed by atoms with Crippen molar-refractivity contribution in [3.8, 4) is 0 Å². The van der Waals surface area contributed by atoms with Crippen molar-refractivity contribution in [2.45, 2.75) is 6.54 Å². The van der Waals surface area contributed by atoms with Crippen molar-refractivity contribution in [3.05, 3.63) is 29.6 Å². The monoisotopic (exact) mass is 211 g/mol. The summed E-state index contributed by atoms with van der Waals surface area (Å²) in [6.45, 7) is 0.273. The van der Waals surface area contributed by atoms with E-state index >= 15 is 0 Å². The van der Waals surface area contributed by atoms with Gasteiger partial charge in [0.05, 0.1) is 12.2 Å². The molecular formula is C10H14FN3O. The van der Waals surface area contributed by atoms with Gasteiger partial charge in [-0.1, -0.05) is 6.07 Å². The summed E-state index contributed by atoms with van der Waals surface area (Å²) in [6.07, 6.45) is 0. The standard InChI is InChI=1S/C10H14FN3O/c1-14(6-10(13)15)9-3-2-7(5-12)4-8(9)11/h2-4H,5-6,12H2,1H3,(H2,13,15). The molecule has 0 saturated heterocycles. The molecule has 0 unspecified atom stereocenters. The van der Waals surface area contributed by atoms with Crippen LogP contribution in [-0.2, 0) is 11.3 Å². The summed E-state index contributed by atoms with van der Waals surface area (Å²) < 4.78 is 13.5. The highest BCUT2D eigenvalue weighted by Gasteiger charge is 2.09. The average molecular weight is 211 g/mol. The zero-order valence-electron chi connectivity index (χ0n) is 8.53. The van der Waals surface area contributed by atoms with Gasteiger partial charge in [-0.15, -0.1) is 0 Å². The van der Waals surface area contributed by atoms with Gasteiger partial charge in [-0.05, 0) is 17.7 Å². The second kappa shape index (κ2) is 4.75. The van der Waals surface area contributed by atoms with Gasteiger partial charge in [0.1, 0.15) is 5.82 Å². The molecule has 1 amide bonds. The number of anilines is 1. The first kappa shape index (κ1) is 11.5. The van der Waals surface area contributed by atoms with Crippen LogP contribution < -0.4 is 16.4 Å². The van der Waals surface area contributed by atoms with Crippen LogP contribution in [0.5, 0.6) is 0 Å². The fraction of sp³-hybridized carbons (Fsp3) is 0.300. The van der Waals surface area contributed by atoms with E-state index in [1.165, 1.54) is 11.0 Å². The number of nitrogens with zero attached hydrogens (tertiary/aromatic N) is 1. The van der Waals surface area contributed by atoms with Gasteiger partial charge in [-0.3, -0.25) is 4.79 Å². The van der Waals surface area contributed by atoms with Gasteiger partial charge < -0.3 is 16.4 Å². The molecule has 0 fully saturated rings. The van der Waals surface area contributed by atoms with Crippen LogP contribution in [0.2, 0.25) is 0 Å². The molecule has 4 nitrogen and oxygen atoms in total. The van der Waals surface area contributed by atoms with Gasteiger partial charge in [-0.2, -0.15) is 0 Å². The molecule has 5 heteroatoms. The number of nitrogens with two attached hydrogens (primary N) is 2. The molecule has 0 atom stereocenters. The Balaban J connectivity index is 2.90. The molecule has 1 rings (SSSR count). The van der Waals surface area contributed by atoms with Crippen LogP contribution >= 0.6 is 0 Å². The van der Waals surface area contributed by atoms with Gasteiger partial charge in [0, 0.05) is 13.6 Å². The summed E-state index contributed by atoms with van der Waals surface area (Å²) in [5.41, 5.74) is 11.4. The van der Waals surface area contributed by atoms with Crippen molar-refractivity contribution in [1.82, 2.24) is 0 Å². The van der Waals surface area contributed by atoms with Gasteiger partial charge >= 0.3 is 0 Å². The fourth-order valence-corrected chi connectivity index (χ4v) is 1.31. The first-order valence-corrected chi connectivity index (χ1v) is 4.52. The lowest BCUT2D eigenvalue weighted by Gasteiger charge is -2.18. The molecule has 15 heavy (non-hydrogen) atoms. The molecule has 0 aromatic heterocycles. The Labute approximate surface area is 87.7 Å². The van der Waals surface area contributed by atoms with E-state index in [2.05, 4.69) is 0 Å². The molecule has 0 aliphatic carbocycles. The number of amides is 1. The van der Waals surface area contributed by atoms with Gasteiger partial charge in [0.2, 0.25) is 5.91 Å². The van der Waals surface area contributed by atoms with E-state index in [1.807, 2.05) is 0 Å². The largest absolute Gasteiger partial charge is 0.368 e. The number of halogens is 1. The molecule has 0 radical (unpaired) electrons. The van der Waals surface area contributed by atoms with Crippen molar-refractivity contribution in [2.75, 3.05) is 18.5 Å². The molecular weight excluding hydrogens is 197 g/mol. The summed E-state index contributed by atoms with van der Waals surface area (Å²) in [5.74, 6) is -0.901. The lowest BCUT2D eigenvalue weighted by molar-refractivity contribution is -0.116. The summed E-state index contributed by atoms with van der Waals surface area (Å²) in [6, 6.07) is 4.66. The van der Waals surface area contributed by atoms with Crippen molar-refractivity contribution in [2.24, 2.45) is 11.5 Å². The van der Waals surface area contributed by atoms with E-state index in [1.54, 1.807) is 19.2 Å². The molecule has 0 bridgehead atoms. The predicted molar refractivity (Wildman–Crippen MR) is 56.8 cm³/mol. The summed E-state index contributed by atoms with van der Waals surface area (Å²) >= 11 is 0. The first-order chi connectivity index (χ1) is 7.04. The third kappa shape index (κ3) is 2.92. The fourth-order valence-electron chi connectivity index (χ4n) is 1.31. The minimum Gasteiger partial charge on any atom is -0.368 e. The van der Waals surface area contributed by atoms with Crippen LogP contribution in [0, 0.1) is 5.82 Å². The van der Waals surface area contributed by atoms with E-state index in [-0.39, 0.29) is 13.1 Å². The number of carbonyl (C=O) groups excluding carboxylic acids is 1. The van der Waals surface area contributed by atoms with Crippen LogP contribution in [0.15, 0.2) is 18.2 Å². The molecule has 0 aliphatic heterocycles. The van der Waals surface area contributed by atoms with Crippen LogP contribution in [0.4, 0.5) is 10.1 Å². The van der Waals surface area contributed by atoms with Crippen molar-refractivity contribution in [1.29, 1.82) is 0 Å². The molecule has 82 valence electrons. The minimum absolute atomic E-state index is 0.0150. The van der Waals surface area contributed by atoms with E-state index in [0.717, 1.165) is 0 Å². The van der Waals surface area contributed by atoms with Crippen molar-refractivity contribution in [3.63, 3.8) is 0 Å². The molecule has 0 heterocycles. The van der Waals surface area contributed by atoms with Gasteiger partial charge in [-0.25, -0.2) is 4.39 Å². The maximum Gasteiger partial charge on any atom is 0.236 e. The zero-order chi connectivity index (χ0) is 11.4. The maximum absolute atomic E-state index is 13.5. The Bertz CT molecular complexity index is 368. The third-order valence-electron chi connectivity index (χ3n) is 2.05. The predicted octanol–water partition coefficient (Wildman–Crippen LogP) is 0.206. The highest BCUT2D eigenvalue weighted by molar-refractivity contribution is 5.79. The second-order valence-electron chi connectivity index (χ2n) is 3.31. The van der Waals surface area contributed by atoms with E-state index in [4.69, 9.17) is 11.5 Å². The van der Waals surface area contributed by atoms with Crippen LogP contribution in [0.3, 0.4) is 0 Å². The first-order valence-electron chi connectivity index (χ1n) is 4.52. The van der Waals surface area contributed by atoms with E-state index in [0.29, 0.717) is 11.3 Å². The lowest BCUT2D eigenvalue weighted by Crippen LogP contribution is -2.31. The van der Waals surface area contributed by atoms with Crippen LogP contribution in [-0.4, -0.2) is 19.5 Å². The molecule has 0 aliphatic rings. The summed E-state index contributed by atoms with van der Waals surface area (Å²) in [5, 5.41) is 0. The number of primary amides is 1. The Kier molecular flexibility index (Phi) is 3.62. The second-order valence-corrected chi connectivity index (χ2v) is 3.31. The number of hydrogen-bond donors (Lipinski definition) is 2. The Morgan fingerprint density at radius 3 is 2.67 bits per heavy atom. The van der Waals surface area contributed by atoms with Crippen molar-refractivity contribution >= 4 is 11.6 Å². The molecule has 0 saturated carbocycles. The lowest BCUT2D eigenvalue weighted by atomic mass is 10.2. The SMILES string of the molecule is CN(CC(N)=O)c1ccc(CN)cc1F. The van der Waals surface area contributed by atoms with Gasteiger partial charge in [0.25, 0.3) is 0 Å². The average Bonchev–Trinajstić information content (AvgIpc) is 2.16. The summed E-state index contributed by atoms with van der Waals surface area (Å²) in [4.78, 5) is 12.1. The van der Waals surface area contributed by atoms with Crippen molar-refractivity contribution < 1.29 is 9.18 Å². The Hall–Kier alpha value is -1.62. The van der Waals surface area contributed by atoms with Crippen LogP contribution in [0.25, 0.3) is 0 Å². The maximum atomic E-state index is 13.5. The van der Waals surface area contributed by atoms with E-state index in [9.17, 15) is 9.18 Å². The minimum atomic E-state index is -0.500. The van der Waals surface area contributed by atoms with E-state index < -0.39 is 11.7 Å². The molecule has 4 N–H and O–H groups in total. The number of hydrogen-bond acceptors (Lipinski definition) is 3. The number of rotatable bonds is 4. The Morgan fingerprint density at radius 1 is 1.53 bits per heavy atom. The highest BCUT2D eigenvalue weighted by atomic mass is 19.1. The Morgan fingerprint density at radius 2 is 2.20 bits per heavy atom. The number of likely N-dealkylation sites (N-methyl/N-ethyl adjacent to an activating group) is 1. The normalized spacial score (nSPS) is 10.1. The molecule has 0 spiro atoms. The zero-order valence-corrected chi connectivity index (χ0v) is 8.53. The number of benzene rings is 1. The highest BCUT2D eigenvalue weighted by Crippen LogP contribution is 2.18. The smallest absolute Gasteiger partial charge is 0.236 e. The molecule has 1 aromatic rings. The summed E-state index contributed by atoms with van der Waals surface area (Å²) in [7, 11) is 1.60. The quantitative estimate of drug-likeness (QED) is 0.747. The number of carbonyl (C=O) groups is 1. The topological polar surface area (TPSA) is 72.3 Å².